The average Bonchev–Trinajstić information content (AvgIpc) is 2.19. The van der Waals surface area contributed by atoms with E-state index in [-0.39, 0.29) is 10.5 Å². The largest absolute Gasteiger partial charge is 0.397 e. The van der Waals surface area contributed by atoms with Crippen LogP contribution in [0, 0.1) is 5.41 Å². The first kappa shape index (κ1) is 16.1. The predicted octanol–water partition coefficient (Wildman–Crippen LogP) is 4.35. The summed E-state index contributed by atoms with van der Waals surface area (Å²) in [4.78, 5) is 0. The van der Waals surface area contributed by atoms with E-state index in [1.54, 1.807) is 0 Å². The van der Waals surface area contributed by atoms with Crippen molar-refractivity contribution < 1.29 is 8.85 Å². The summed E-state index contributed by atoms with van der Waals surface area (Å²) in [7, 11) is 1.41. The predicted molar refractivity (Wildman–Crippen MR) is 73.0 cm³/mol. The highest BCUT2D eigenvalue weighted by molar-refractivity contribution is 6.72. The van der Waals surface area contributed by atoms with Gasteiger partial charge < -0.3 is 8.85 Å². The van der Waals surface area contributed by atoms with Crippen LogP contribution in [0.15, 0.2) is 0 Å². The van der Waals surface area contributed by atoms with Crippen molar-refractivity contribution in [2.75, 3.05) is 14.2 Å². The third-order valence-corrected chi connectivity index (χ3v) is 9.97. The molecule has 0 atom stereocenters. The first-order chi connectivity index (χ1) is 7.13. The summed E-state index contributed by atoms with van der Waals surface area (Å²) >= 11 is 0. The van der Waals surface area contributed by atoms with Crippen LogP contribution in [0.4, 0.5) is 0 Å². The zero-order valence-corrected chi connectivity index (χ0v) is 13.6. The fourth-order valence-electron chi connectivity index (χ4n) is 2.70. The second kappa shape index (κ2) is 5.19. The average molecular weight is 246 g/mol. The van der Waals surface area contributed by atoms with Crippen LogP contribution in [-0.2, 0) is 8.85 Å². The quantitative estimate of drug-likeness (QED) is 0.649. The van der Waals surface area contributed by atoms with Gasteiger partial charge in [0.25, 0.3) is 0 Å². The van der Waals surface area contributed by atoms with Crippen molar-refractivity contribution in [2.24, 2.45) is 5.41 Å². The van der Waals surface area contributed by atoms with Crippen molar-refractivity contribution in [3.05, 3.63) is 0 Å². The second-order valence-corrected chi connectivity index (χ2v) is 10.6. The number of hydrogen-bond donors (Lipinski definition) is 0. The molecule has 2 nitrogen and oxygen atoms in total. The highest BCUT2D eigenvalue weighted by atomic mass is 28.4. The van der Waals surface area contributed by atoms with E-state index in [4.69, 9.17) is 8.85 Å². The van der Waals surface area contributed by atoms with Gasteiger partial charge in [-0.3, -0.25) is 0 Å². The minimum absolute atomic E-state index is 0.0758. The normalized spacial score (nSPS) is 14.6. The molecule has 0 bridgehead atoms. The van der Waals surface area contributed by atoms with E-state index < -0.39 is 8.56 Å². The summed E-state index contributed by atoms with van der Waals surface area (Å²) in [6, 6.07) is 0. The Kier molecular flexibility index (Phi) is 5.24. The summed E-state index contributed by atoms with van der Waals surface area (Å²) in [5.74, 6) is 0. The van der Waals surface area contributed by atoms with E-state index in [9.17, 15) is 0 Å². The molecule has 0 aliphatic carbocycles. The minimum atomic E-state index is -2.20. The SMILES string of the molecule is CCC(C)(C)C(C)(C)[Si](OC)(OC)C(C)C. The Balaban J connectivity index is 5.52. The van der Waals surface area contributed by atoms with E-state index >= 15 is 0 Å². The maximum absolute atomic E-state index is 5.92. The van der Waals surface area contributed by atoms with Crippen molar-refractivity contribution >= 4 is 8.56 Å². The standard InChI is InChI=1S/C13H30O2Si/c1-10-12(4,5)13(6,7)16(14-8,15-9)11(2)3/h11H,10H2,1-9H3. The molecule has 0 radical (unpaired) electrons. The first-order valence-electron chi connectivity index (χ1n) is 6.23. The molecule has 0 saturated heterocycles. The highest BCUT2D eigenvalue weighted by Gasteiger charge is 2.59. The van der Waals surface area contributed by atoms with Gasteiger partial charge in [-0.25, -0.2) is 0 Å². The number of rotatable bonds is 6. The highest BCUT2D eigenvalue weighted by Crippen LogP contribution is 2.57. The maximum atomic E-state index is 5.92. The fourth-order valence-corrected chi connectivity index (χ4v) is 7.39. The van der Waals surface area contributed by atoms with Gasteiger partial charge in [-0.05, 0) is 11.0 Å². The van der Waals surface area contributed by atoms with Gasteiger partial charge in [0.15, 0.2) is 0 Å². The van der Waals surface area contributed by atoms with E-state index in [1.165, 1.54) is 0 Å². The molecular formula is C13H30O2Si. The summed E-state index contributed by atoms with van der Waals surface area (Å²) in [6.07, 6.45) is 1.13. The maximum Gasteiger partial charge on any atom is 0.346 e. The lowest BCUT2D eigenvalue weighted by Crippen LogP contribution is -2.57. The molecule has 0 heterocycles. The third-order valence-electron chi connectivity index (χ3n) is 4.81. The Labute approximate surface area is 103 Å². The van der Waals surface area contributed by atoms with E-state index in [2.05, 4.69) is 48.5 Å². The zero-order valence-electron chi connectivity index (χ0n) is 12.6. The Bertz CT molecular complexity index is 218. The van der Waals surface area contributed by atoms with Gasteiger partial charge in [0, 0.05) is 19.3 Å². The van der Waals surface area contributed by atoms with Crippen LogP contribution in [0.2, 0.25) is 10.6 Å². The molecule has 0 spiro atoms. The molecule has 0 aromatic carbocycles. The van der Waals surface area contributed by atoms with Gasteiger partial charge in [0.1, 0.15) is 0 Å². The monoisotopic (exact) mass is 246 g/mol. The van der Waals surface area contributed by atoms with Crippen molar-refractivity contribution in [3.8, 4) is 0 Å². The van der Waals surface area contributed by atoms with Gasteiger partial charge in [-0.1, -0.05) is 54.9 Å². The number of hydrogen-bond acceptors (Lipinski definition) is 2. The summed E-state index contributed by atoms with van der Waals surface area (Å²) in [6.45, 7) is 15.9. The van der Waals surface area contributed by atoms with Crippen molar-refractivity contribution in [1.29, 1.82) is 0 Å². The summed E-state index contributed by atoms with van der Waals surface area (Å²) < 4.78 is 11.8. The Hall–Kier alpha value is 0.137. The molecule has 16 heavy (non-hydrogen) atoms. The minimum Gasteiger partial charge on any atom is -0.397 e. The lowest BCUT2D eigenvalue weighted by atomic mass is 9.78. The Morgan fingerprint density at radius 1 is 1.00 bits per heavy atom. The summed E-state index contributed by atoms with van der Waals surface area (Å²) in [5.41, 5.74) is 0.665. The molecule has 0 rings (SSSR count). The van der Waals surface area contributed by atoms with Gasteiger partial charge in [0.2, 0.25) is 0 Å². The Morgan fingerprint density at radius 2 is 1.38 bits per heavy atom. The third kappa shape index (κ3) is 2.22. The molecule has 0 unspecified atom stereocenters. The molecule has 0 fully saturated rings. The Morgan fingerprint density at radius 3 is 1.56 bits per heavy atom. The summed E-state index contributed by atoms with van der Waals surface area (Å²) in [5, 5.41) is 0.0758. The van der Waals surface area contributed by atoms with Crippen molar-refractivity contribution in [3.63, 3.8) is 0 Å². The van der Waals surface area contributed by atoms with Gasteiger partial charge in [-0.2, -0.15) is 0 Å². The van der Waals surface area contributed by atoms with Crippen LogP contribution < -0.4 is 0 Å². The van der Waals surface area contributed by atoms with Crippen LogP contribution in [0.5, 0.6) is 0 Å². The smallest absolute Gasteiger partial charge is 0.346 e. The molecule has 0 N–H and O–H groups in total. The fraction of sp³-hybridized carbons (Fsp3) is 1.00. The van der Waals surface area contributed by atoms with Crippen molar-refractivity contribution in [1.82, 2.24) is 0 Å². The van der Waals surface area contributed by atoms with E-state index in [1.807, 2.05) is 14.2 Å². The topological polar surface area (TPSA) is 18.5 Å². The van der Waals surface area contributed by atoms with E-state index in [0.717, 1.165) is 6.42 Å². The lowest BCUT2D eigenvalue weighted by Gasteiger charge is -2.52. The molecule has 0 aliphatic heterocycles. The van der Waals surface area contributed by atoms with Crippen molar-refractivity contribution in [2.45, 2.75) is 65.5 Å². The van der Waals surface area contributed by atoms with Gasteiger partial charge in [0.05, 0.1) is 0 Å². The van der Waals surface area contributed by atoms with E-state index in [0.29, 0.717) is 5.54 Å². The molecule has 0 aromatic heterocycles. The first-order valence-corrected chi connectivity index (χ1v) is 8.12. The molecule has 3 heteroatoms. The molecular weight excluding hydrogens is 216 g/mol. The lowest BCUT2D eigenvalue weighted by molar-refractivity contribution is 0.135. The van der Waals surface area contributed by atoms with Crippen LogP contribution in [0.3, 0.4) is 0 Å². The second-order valence-electron chi connectivity index (χ2n) is 6.09. The molecule has 0 saturated carbocycles. The molecule has 0 aliphatic rings. The van der Waals surface area contributed by atoms with Crippen LogP contribution in [0.25, 0.3) is 0 Å². The van der Waals surface area contributed by atoms with Crippen LogP contribution in [0.1, 0.15) is 54.9 Å². The van der Waals surface area contributed by atoms with Gasteiger partial charge in [-0.15, -0.1) is 0 Å². The molecule has 98 valence electrons. The van der Waals surface area contributed by atoms with Crippen LogP contribution >= 0.6 is 0 Å². The van der Waals surface area contributed by atoms with Crippen LogP contribution in [-0.4, -0.2) is 22.8 Å². The zero-order chi connectivity index (χ0) is 13.2. The molecule has 0 aromatic rings. The van der Waals surface area contributed by atoms with Gasteiger partial charge >= 0.3 is 8.56 Å². The molecule has 0 amide bonds.